The Bertz CT molecular complexity index is 411. The predicted octanol–water partition coefficient (Wildman–Crippen LogP) is 2.96. The van der Waals surface area contributed by atoms with Crippen molar-refractivity contribution in [2.45, 2.75) is 25.8 Å². The van der Waals surface area contributed by atoms with Crippen LogP contribution in [0.25, 0.3) is 0 Å². The Balaban J connectivity index is 2.08. The third-order valence-corrected chi connectivity index (χ3v) is 3.56. The molecule has 1 aliphatic heterocycles. The Morgan fingerprint density at radius 1 is 1.32 bits per heavy atom. The Labute approximate surface area is 116 Å². The molecule has 19 heavy (non-hydrogen) atoms. The first-order valence-electron chi connectivity index (χ1n) is 7.08. The van der Waals surface area contributed by atoms with Crippen LogP contribution in [0.5, 0.6) is 5.75 Å². The van der Waals surface area contributed by atoms with Gasteiger partial charge in [-0.3, -0.25) is 0 Å². The summed E-state index contributed by atoms with van der Waals surface area (Å²) >= 11 is 0. The van der Waals surface area contributed by atoms with Crippen molar-refractivity contribution in [1.82, 2.24) is 5.32 Å². The number of hydrogen-bond donors (Lipinski definition) is 1. The second kappa shape index (κ2) is 7.19. The highest BCUT2D eigenvalue weighted by Gasteiger charge is 2.15. The van der Waals surface area contributed by atoms with Crippen LogP contribution in [0.1, 0.15) is 24.8 Å². The molecule has 104 valence electrons. The van der Waals surface area contributed by atoms with Gasteiger partial charge in [0.05, 0.1) is 12.8 Å². The molecule has 0 amide bonds. The SMILES string of the molecule is C=CCNCc1ccc(N2CCCCC2)c(OC)c1. The maximum absolute atomic E-state index is 5.56. The first kappa shape index (κ1) is 13.9. The summed E-state index contributed by atoms with van der Waals surface area (Å²) in [6.07, 6.45) is 5.79. The molecule has 1 fully saturated rings. The zero-order valence-electron chi connectivity index (χ0n) is 11.8. The van der Waals surface area contributed by atoms with Gasteiger partial charge >= 0.3 is 0 Å². The lowest BCUT2D eigenvalue weighted by atomic mass is 10.1. The van der Waals surface area contributed by atoms with Crippen LogP contribution in [-0.2, 0) is 6.54 Å². The lowest BCUT2D eigenvalue weighted by molar-refractivity contribution is 0.412. The lowest BCUT2D eigenvalue weighted by Gasteiger charge is -2.30. The quantitative estimate of drug-likeness (QED) is 0.628. The standard InChI is InChI=1S/C16H24N2O/c1-3-9-17-13-14-7-8-15(16(12-14)19-2)18-10-5-4-6-11-18/h3,7-8,12,17H,1,4-6,9-11,13H2,2H3. The second-order valence-corrected chi connectivity index (χ2v) is 4.97. The van der Waals surface area contributed by atoms with Gasteiger partial charge in [-0.1, -0.05) is 12.1 Å². The molecule has 3 heteroatoms. The molecule has 1 N–H and O–H groups in total. The molecule has 0 aromatic heterocycles. The molecule has 1 aromatic rings. The third kappa shape index (κ3) is 3.74. The second-order valence-electron chi connectivity index (χ2n) is 4.97. The van der Waals surface area contributed by atoms with E-state index in [9.17, 15) is 0 Å². The van der Waals surface area contributed by atoms with Gasteiger partial charge in [-0.25, -0.2) is 0 Å². The van der Waals surface area contributed by atoms with Gasteiger partial charge in [0, 0.05) is 26.2 Å². The molecule has 2 rings (SSSR count). The van der Waals surface area contributed by atoms with E-state index in [-0.39, 0.29) is 0 Å². The van der Waals surface area contributed by atoms with Crippen LogP contribution in [0.2, 0.25) is 0 Å². The van der Waals surface area contributed by atoms with E-state index in [1.807, 2.05) is 6.08 Å². The van der Waals surface area contributed by atoms with Crippen LogP contribution in [0, 0.1) is 0 Å². The molecular formula is C16H24N2O. The van der Waals surface area contributed by atoms with Crippen molar-refractivity contribution in [1.29, 1.82) is 0 Å². The van der Waals surface area contributed by atoms with Gasteiger partial charge < -0.3 is 15.0 Å². The average Bonchev–Trinajstić information content (AvgIpc) is 2.48. The highest BCUT2D eigenvalue weighted by molar-refractivity contribution is 5.60. The number of hydrogen-bond acceptors (Lipinski definition) is 3. The van der Waals surface area contributed by atoms with Crippen LogP contribution < -0.4 is 15.0 Å². The van der Waals surface area contributed by atoms with Gasteiger partial charge in [-0.15, -0.1) is 6.58 Å². The van der Waals surface area contributed by atoms with E-state index in [0.29, 0.717) is 0 Å². The van der Waals surface area contributed by atoms with Crippen molar-refractivity contribution in [3.8, 4) is 5.75 Å². The van der Waals surface area contributed by atoms with Gasteiger partial charge in [-0.05, 0) is 37.0 Å². The molecule has 1 aliphatic rings. The van der Waals surface area contributed by atoms with Gasteiger partial charge in [0.15, 0.2) is 0 Å². The zero-order chi connectivity index (χ0) is 13.5. The van der Waals surface area contributed by atoms with Crippen molar-refractivity contribution < 1.29 is 4.74 Å². The Morgan fingerprint density at radius 2 is 2.11 bits per heavy atom. The molecule has 0 saturated carbocycles. The van der Waals surface area contributed by atoms with Gasteiger partial charge in [0.1, 0.15) is 5.75 Å². The van der Waals surface area contributed by atoms with E-state index in [1.165, 1.54) is 30.5 Å². The summed E-state index contributed by atoms with van der Waals surface area (Å²) in [4.78, 5) is 2.43. The zero-order valence-corrected chi connectivity index (χ0v) is 11.8. The monoisotopic (exact) mass is 260 g/mol. The number of methoxy groups -OCH3 is 1. The number of rotatable bonds is 6. The van der Waals surface area contributed by atoms with E-state index in [4.69, 9.17) is 4.74 Å². The normalized spacial score (nSPS) is 15.3. The van der Waals surface area contributed by atoms with Crippen molar-refractivity contribution in [3.05, 3.63) is 36.4 Å². The first-order valence-corrected chi connectivity index (χ1v) is 7.08. The number of nitrogens with zero attached hydrogens (tertiary/aromatic N) is 1. The summed E-state index contributed by atoms with van der Waals surface area (Å²) < 4.78 is 5.56. The number of piperidine rings is 1. The molecule has 1 heterocycles. The van der Waals surface area contributed by atoms with Crippen LogP contribution in [0.4, 0.5) is 5.69 Å². The van der Waals surface area contributed by atoms with E-state index < -0.39 is 0 Å². The average molecular weight is 260 g/mol. The van der Waals surface area contributed by atoms with E-state index in [2.05, 4.69) is 35.0 Å². The van der Waals surface area contributed by atoms with Crippen molar-refractivity contribution in [2.75, 3.05) is 31.6 Å². The maximum Gasteiger partial charge on any atom is 0.142 e. The molecule has 0 unspecified atom stereocenters. The fraction of sp³-hybridized carbons (Fsp3) is 0.500. The molecule has 0 bridgehead atoms. The smallest absolute Gasteiger partial charge is 0.142 e. The fourth-order valence-corrected chi connectivity index (χ4v) is 2.55. The van der Waals surface area contributed by atoms with Gasteiger partial charge in [0.2, 0.25) is 0 Å². The number of benzene rings is 1. The molecule has 0 atom stereocenters. The molecule has 0 radical (unpaired) electrons. The van der Waals surface area contributed by atoms with Crippen LogP contribution in [0.15, 0.2) is 30.9 Å². The Morgan fingerprint density at radius 3 is 2.79 bits per heavy atom. The summed E-state index contributed by atoms with van der Waals surface area (Å²) in [5.74, 6) is 0.986. The molecular weight excluding hydrogens is 236 g/mol. The summed E-state index contributed by atoms with van der Waals surface area (Å²) in [6.45, 7) is 7.67. The largest absolute Gasteiger partial charge is 0.495 e. The van der Waals surface area contributed by atoms with Gasteiger partial charge in [0.25, 0.3) is 0 Å². The number of anilines is 1. The Kier molecular flexibility index (Phi) is 5.28. The molecule has 1 saturated heterocycles. The predicted molar refractivity (Wildman–Crippen MR) is 81.0 cm³/mol. The number of ether oxygens (including phenoxy) is 1. The summed E-state index contributed by atoms with van der Waals surface area (Å²) in [6, 6.07) is 6.51. The van der Waals surface area contributed by atoms with Crippen LogP contribution in [0.3, 0.4) is 0 Å². The van der Waals surface area contributed by atoms with Crippen LogP contribution in [-0.4, -0.2) is 26.7 Å². The maximum atomic E-state index is 5.56. The third-order valence-electron chi connectivity index (χ3n) is 3.56. The summed E-state index contributed by atoms with van der Waals surface area (Å²) in [7, 11) is 1.75. The first-order chi connectivity index (χ1) is 9.35. The molecule has 1 aromatic carbocycles. The van der Waals surface area contributed by atoms with Gasteiger partial charge in [-0.2, -0.15) is 0 Å². The van der Waals surface area contributed by atoms with Crippen LogP contribution >= 0.6 is 0 Å². The Hall–Kier alpha value is -1.48. The van der Waals surface area contributed by atoms with E-state index in [0.717, 1.165) is 31.9 Å². The van der Waals surface area contributed by atoms with Crippen molar-refractivity contribution in [2.24, 2.45) is 0 Å². The molecule has 0 aliphatic carbocycles. The highest BCUT2D eigenvalue weighted by Crippen LogP contribution is 2.31. The minimum Gasteiger partial charge on any atom is -0.495 e. The summed E-state index contributed by atoms with van der Waals surface area (Å²) in [5, 5.41) is 3.31. The highest BCUT2D eigenvalue weighted by atomic mass is 16.5. The number of nitrogens with one attached hydrogen (secondary N) is 1. The topological polar surface area (TPSA) is 24.5 Å². The minimum atomic E-state index is 0.830. The fourth-order valence-electron chi connectivity index (χ4n) is 2.55. The summed E-state index contributed by atoms with van der Waals surface area (Å²) in [5.41, 5.74) is 2.48. The lowest BCUT2D eigenvalue weighted by Crippen LogP contribution is -2.29. The molecule has 0 spiro atoms. The van der Waals surface area contributed by atoms with E-state index >= 15 is 0 Å². The molecule has 3 nitrogen and oxygen atoms in total. The minimum absolute atomic E-state index is 0.830. The van der Waals surface area contributed by atoms with Crippen molar-refractivity contribution >= 4 is 5.69 Å². The van der Waals surface area contributed by atoms with Crippen molar-refractivity contribution in [3.63, 3.8) is 0 Å². The van der Waals surface area contributed by atoms with E-state index in [1.54, 1.807) is 7.11 Å².